The Bertz CT molecular complexity index is 647. The van der Waals surface area contributed by atoms with E-state index in [4.69, 9.17) is 0 Å². The number of rotatable bonds is 3. The minimum atomic E-state index is -0.480. The Labute approximate surface area is 143 Å². The third-order valence-electron chi connectivity index (χ3n) is 2.51. The standard InChI is InChI=1S/C14H10I2N2O2/c15-10-4-3-5-11(8-10)17-14(20)18(9-19)13-7-2-1-6-12(13)16/h1-9H,(H,17,20). The quantitative estimate of drug-likeness (QED) is 0.519. The van der Waals surface area contributed by atoms with Gasteiger partial charge in [-0.2, -0.15) is 0 Å². The molecule has 102 valence electrons. The van der Waals surface area contributed by atoms with Gasteiger partial charge in [0, 0.05) is 12.8 Å². The first-order valence-electron chi connectivity index (χ1n) is 5.67. The molecule has 0 spiro atoms. The van der Waals surface area contributed by atoms with E-state index in [1.54, 1.807) is 18.2 Å². The van der Waals surface area contributed by atoms with Crippen LogP contribution in [0.15, 0.2) is 48.5 Å². The van der Waals surface area contributed by atoms with Crippen molar-refractivity contribution >= 4 is 69.0 Å². The van der Waals surface area contributed by atoms with Crippen molar-refractivity contribution in [2.24, 2.45) is 0 Å². The van der Waals surface area contributed by atoms with Crippen LogP contribution in [0.1, 0.15) is 0 Å². The van der Waals surface area contributed by atoms with Crippen molar-refractivity contribution in [2.75, 3.05) is 10.2 Å². The van der Waals surface area contributed by atoms with Gasteiger partial charge in [0.05, 0.1) is 5.69 Å². The number of halogens is 2. The molecule has 0 saturated carbocycles. The predicted octanol–water partition coefficient (Wildman–Crippen LogP) is 4.09. The van der Waals surface area contributed by atoms with Crippen LogP contribution in [0.2, 0.25) is 0 Å². The molecule has 0 aromatic heterocycles. The van der Waals surface area contributed by atoms with Crippen LogP contribution < -0.4 is 10.2 Å². The molecule has 2 aromatic rings. The van der Waals surface area contributed by atoms with Crippen molar-refractivity contribution in [2.45, 2.75) is 0 Å². The summed E-state index contributed by atoms with van der Waals surface area (Å²) < 4.78 is 1.84. The second-order valence-corrected chi connectivity index (χ2v) is 6.28. The summed E-state index contributed by atoms with van der Waals surface area (Å²) in [7, 11) is 0. The lowest BCUT2D eigenvalue weighted by Gasteiger charge is -2.17. The van der Waals surface area contributed by atoms with Crippen molar-refractivity contribution in [1.82, 2.24) is 0 Å². The minimum Gasteiger partial charge on any atom is -0.307 e. The molecule has 2 rings (SSSR count). The van der Waals surface area contributed by atoms with Crippen molar-refractivity contribution < 1.29 is 9.59 Å². The van der Waals surface area contributed by atoms with Crippen LogP contribution >= 0.6 is 45.2 Å². The number of benzene rings is 2. The molecule has 0 radical (unpaired) electrons. The van der Waals surface area contributed by atoms with Crippen LogP contribution in [0, 0.1) is 7.14 Å². The van der Waals surface area contributed by atoms with E-state index in [1.165, 1.54) is 0 Å². The number of nitrogens with zero attached hydrogens (tertiary/aromatic N) is 1. The zero-order chi connectivity index (χ0) is 14.5. The maximum Gasteiger partial charge on any atom is 0.333 e. The predicted molar refractivity (Wildman–Crippen MR) is 95.9 cm³/mol. The third-order valence-corrected chi connectivity index (χ3v) is 4.10. The molecule has 6 heteroatoms. The van der Waals surface area contributed by atoms with Gasteiger partial charge >= 0.3 is 6.03 Å². The number of anilines is 2. The average molecular weight is 492 g/mol. The lowest BCUT2D eigenvalue weighted by Crippen LogP contribution is -2.34. The van der Waals surface area contributed by atoms with Gasteiger partial charge in [0.2, 0.25) is 6.41 Å². The van der Waals surface area contributed by atoms with Crippen LogP contribution in [0.3, 0.4) is 0 Å². The molecule has 4 nitrogen and oxygen atoms in total. The molecule has 0 aliphatic heterocycles. The molecule has 2 aromatic carbocycles. The number of urea groups is 1. The fourth-order valence-corrected chi connectivity index (χ4v) is 2.80. The summed E-state index contributed by atoms with van der Waals surface area (Å²) in [5.74, 6) is 0. The highest BCUT2D eigenvalue weighted by Crippen LogP contribution is 2.22. The summed E-state index contributed by atoms with van der Waals surface area (Å²) >= 11 is 4.25. The highest BCUT2D eigenvalue weighted by molar-refractivity contribution is 14.1. The summed E-state index contributed by atoms with van der Waals surface area (Å²) in [5, 5.41) is 2.71. The van der Waals surface area contributed by atoms with Gasteiger partial charge < -0.3 is 5.32 Å². The molecule has 20 heavy (non-hydrogen) atoms. The molecule has 0 heterocycles. The number of para-hydroxylation sites is 1. The molecule has 0 atom stereocenters. The smallest absolute Gasteiger partial charge is 0.307 e. The first-order chi connectivity index (χ1) is 9.61. The van der Waals surface area contributed by atoms with Gasteiger partial charge in [-0.15, -0.1) is 0 Å². The van der Waals surface area contributed by atoms with Crippen molar-refractivity contribution in [3.05, 3.63) is 55.7 Å². The van der Waals surface area contributed by atoms with Gasteiger partial charge in [-0.25, -0.2) is 9.69 Å². The van der Waals surface area contributed by atoms with Gasteiger partial charge in [0.15, 0.2) is 0 Å². The second-order valence-electron chi connectivity index (χ2n) is 3.87. The van der Waals surface area contributed by atoms with E-state index in [-0.39, 0.29) is 0 Å². The maximum absolute atomic E-state index is 12.2. The van der Waals surface area contributed by atoms with E-state index in [0.717, 1.165) is 12.0 Å². The SMILES string of the molecule is O=CN(C(=O)Nc1cccc(I)c1)c1ccccc1I. The van der Waals surface area contributed by atoms with Crippen LogP contribution in [0.25, 0.3) is 0 Å². The van der Waals surface area contributed by atoms with Gasteiger partial charge in [-0.05, 0) is 75.5 Å². The zero-order valence-electron chi connectivity index (χ0n) is 10.2. The summed E-state index contributed by atoms with van der Waals surface area (Å²) in [4.78, 5) is 24.5. The Morgan fingerprint density at radius 2 is 1.85 bits per heavy atom. The zero-order valence-corrected chi connectivity index (χ0v) is 14.5. The van der Waals surface area contributed by atoms with Crippen LogP contribution in [-0.4, -0.2) is 12.4 Å². The monoisotopic (exact) mass is 492 g/mol. The second kappa shape index (κ2) is 7.02. The van der Waals surface area contributed by atoms with E-state index in [1.807, 2.05) is 30.3 Å². The van der Waals surface area contributed by atoms with Gasteiger partial charge in [-0.1, -0.05) is 18.2 Å². The molecule has 0 aliphatic carbocycles. The van der Waals surface area contributed by atoms with Crippen molar-refractivity contribution in [3.63, 3.8) is 0 Å². The topological polar surface area (TPSA) is 49.4 Å². The fourth-order valence-electron chi connectivity index (χ4n) is 1.61. The number of nitrogens with one attached hydrogen (secondary N) is 1. The van der Waals surface area contributed by atoms with E-state index in [9.17, 15) is 9.59 Å². The molecule has 1 N–H and O–H groups in total. The Hall–Kier alpha value is -1.16. The molecule has 0 unspecified atom stereocenters. The molecule has 0 aliphatic rings. The largest absolute Gasteiger partial charge is 0.333 e. The first kappa shape index (κ1) is 15.2. The van der Waals surface area contributed by atoms with Crippen LogP contribution in [-0.2, 0) is 4.79 Å². The number of hydrogen-bond acceptors (Lipinski definition) is 2. The Morgan fingerprint density at radius 3 is 2.50 bits per heavy atom. The highest BCUT2D eigenvalue weighted by Gasteiger charge is 2.17. The van der Waals surface area contributed by atoms with E-state index in [0.29, 0.717) is 17.8 Å². The molecule has 0 fully saturated rings. The number of carbonyl (C=O) groups excluding carboxylic acids is 2. The normalized spacial score (nSPS) is 9.90. The number of amides is 3. The summed E-state index contributed by atoms with van der Waals surface area (Å²) in [5.41, 5.74) is 1.21. The molecule has 0 bridgehead atoms. The lowest BCUT2D eigenvalue weighted by atomic mass is 10.3. The number of hydrogen-bond donors (Lipinski definition) is 1. The van der Waals surface area contributed by atoms with E-state index in [2.05, 4.69) is 50.5 Å². The van der Waals surface area contributed by atoms with Crippen LogP contribution in [0.4, 0.5) is 16.2 Å². The number of carbonyl (C=O) groups is 2. The average Bonchev–Trinajstić information content (AvgIpc) is 2.41. The summed E-state index contributed by atoms with van der Waals surface area (Å²) in [6.07, 6.45) is 0.515. The summed E-state index contributed by atoms with van der Waals surface area (Å²) in [6.45, 7) is 0. The van der Waals surface area contributed by atoms with Crippen molar-refractivity contribution in [1.29, 1.82) is 0 Å². The highest BCUT2D eigenvalue weighted by atomic mass is 127. The Kier molecular flexibility index (Phi) is 5.35. The van der Waals surface area contributed by atoms with Crippen LogP contribution in [0.5, 0.6) is 0 Å². The molecular formula is C14H10I2N2O2. The third kappa shape index (κ3) is 3.69. The maximum atomic E-state index is 12.2. The molecule has 0 saturated heterocycles. The lowest BCUT2D eigenvalue weighted by molar-refractivity contribution is -0.106. The number of imide groups is 1. The Morgan fingerprint density at radius 1 is 1.10 bits per heavy atom. The summed E-state index contributed by atoms with van der Waals surface area (Å²) in [6, 6.07) is 14.1. The van der Waals surface area contributed by atoms with E-state index < -0.39 is 6.03 Å². The van der Waals surface area contributed by atoms with E-state index >= 15 is 0 Å². The molecular weight excluding hydrogens is 482 g/mol. The van der Waals surface area contributed by atoms with Gasteiger partial charge in [0.25, 0.3) is 0 Å². The van der Waals surface area contributed by atoms with Gasteiger partial charge in [-0.3, -0.25) is 4.79 Å². The minimum absolute atomic E-state index is 0.480. The fraction of sp³-hybridized carbons (Fsp3) is 0. The van der Waals surface area contributed by atoms with Gasteiger partial charge in [0.1, 0.15) is 0 Å². The Balaban J connectivity index is 2.22. The van der Waals surface area contributed by atoms with Crippen molar-refractivity contribution in [3.8, 4) is 0 Å². The molecule has 3 amide bonds. The first-order valence-corrected chi connectivity index (χ1v) is 7.83.